The van der Waals surface area contributed by atoms with E-state index < -0.39 is 6.03 Å². The van der Waals surface area contributed by atoms with Crippen LogP contribution in [-0.4, -0.2) is 42.4 Å². The van der Waals surface area contributed by atoms with E-state index in [4.69, 9.17) is 5.73 Å². The van der Waals surface area contributed by atoms with Crippen molar-refractivity contribution in [2.75, 3.05) is 29.9 Å². The highest BCUT2D eigenvalue weighted by molar-refractivity contribution is 5.98. The molecule has 0 bridgehead atoms. The molecular formula is C25H30N4O3. The van der Waals surface area contributed by atoms with E-state index in [9.17, 15) is 14.4 Å². The molecule has 2 aromatic carbocycles. The fourth-order valence-electron chi connectivity index (χ4n) is 4.78. The lowest BCUT2D eigenvalue weighted by molar-refractivity contribution is -0.121. The van der Waals surface area contributed by atoms with Gasteiger partial charge in [0.1, 0.15) is 0 Å². The number of aryl methyl sites for hydroxylation is 3. The highest BCUT2D eigenvalue weighted by Gasteiger charge is 2.29. The van der Waals surface area contributed by atoms with Crippen LogP contribution >= 0.6 is 0 Å². The summed E-state index contributed by atoms with van der Waals surface area (Å²) >= 11 is 0. The largest absolute Gasteiger partial charge is 0.351 e. The molecule has 1 unspecified atom stereocenters. The van der Waals surface area contributed by atoms with Crippen LogP contribution in [0.5, 0.6) is 0 Å². The van der Waals surface area contributed by atoms with Crippen molar-refractivity contribution in [1.82, 2.24) is 4.90 Å². The van der Waals surface area contributed by atoms with Gasteiger partial charge in [0.15, 0.2) is 0 Å². The molecule has 1 fully saturated rings. The van der Waals surface area contributed by atoms with Crippen molar-refractivity contribution < 1.29 is 14.4 Å². The number of nitrogens with one attached hydrogen (secondary N) is 1. The Kier molecular flexibility index (Phi) is 6.17. The minimum absolute atomic E-state index is 0.0276. The predicted molar refractivity (Wildman–Crippen MR) is 125 cm³/mol. The molecule has 4 rings (SSSR count). The molecule has 3 N–H and O–H groups in total. The molecule has 32 heavy (non-hydrogen) atoms. The summed E-state index contributed by atoms with van der Waals surface area (Å²) in [6, 6.07) is 11.0. The van der Waals surface area contributed by atoms with E-state index in [0.717, 1.165) is 48.1 Å². The maximum Gasteiger partial charge on any atom is 0.319 e. The number of nitrogens with zero attached hydrogens (tertiary/aromatic N) is 2. The summed E-state index contributed by atoms with van der Waals surface area (Å²) in [7, 11) is 0. The van der Waals surface area contributed by atoms with E-state index in [1.165, 1.54) is 0 Å². The minimum atomic E-state index is -0.484. The summed E-state index contributed by atoms with van der Waals surface area (Å²) in [6.07, 6.45) is 3.27. The molecule has 0 saturated carbocycles. The van der Waals surface area contributed by atoms with Crippen molar-refractivity contribution >= 4 is 29.2 Å². The van der Waals surface area contributed by atoms with Gasteiger partial charge in [-0.3, -0.25) is 14.5 Å². The predicted octanol–water partition coefficient (Wildman–Crippen LogP) is 3.63. The Balaban J connectivity index is 1.45. The number of hydrogen-bond donors (Lipinski definition) is 2. The van der Waals surface area contributed by atoms with Gasteiger partial charge in [0.05, 0.1) is 11.6 Å². The average molecular weight is 435 g/mol. The molecule has 0 spiro atoms. The molecule has 2 heterocycles. The van der Waals surface area contributed by atoms with E-state index in [-0.39, 0.29) is 17.7 Å². The first-order valence-electron chi connectivity index (χ1n) is 11.2. The summed E-state index contributed by atoms with van der Waals surface area (Å²) in [4.78, 5) is 41.2. The third-order valence-corrected chi connectivity index (χ3v) is 6.29. The van der Waals surface area contributed by atoms with Gasteiger partial charge >= 0.3 is 6.03 Å². The summed E-state index contributed by atoms with van der Waals surface area (Å²) in [5.74, 6) is -0.411. The first-order valence-corrected chi connectivity index (χ1v) is 11.2. The van der Waals surface area contributed by atoms with Crippen LogP contribution in [0, 0.1) is 19.8 Å². The lowest BCUT2D eigenvalue weighted by atomic mass is 9.95. The van der Waals surface area contributed by atoms with Crippen molar-refractivity contribution in [3.63, 3.8) is 0 Å². The van der Waals surface area contributed by atoms with Gasteiger partial charge in [-0.05, 0) is 69.4 Å². The lowest BCUT2D eigenvalue weighted by Gasteiger charge is -2.32. The topological polar surface area (TPSA) is 95.7 Å². The molecule has 0 aliphatic carbocycles. The molecule has 4 amide bonds. The van der Waals surface area contributed by atoms with Gasteiger partial charge in [-0.2, -0.15) is 0 Å². The molecule has 168 valence electrons. The number of benzene rings is 2. The maximum atomic E-state index is 13.0. The molecule has 2 aliphatic rings. The highest BCUT2D eigenvalue weighted by Crippen LogP contribution is 2.30. The van der Waals surface area contributed by atoms with Crippen LogP contribution in [0.1, 0.15) is 46.3 Å². The molecule has 0 radical (unpaired) electrons. The zero-order valence-corrected chi connectivity index (χ0v) is 18.7. The van der Waals surface area contributed by atoms with Gasteiger partial charge in [0.2, 0.25) is 5.91 Å². The number of carbonyl (C=O) groups excluding carboxylic acids is 3. The van der Waals surface area contributed by atoms with E-state index in [1.54, 1.807) is 9.80 Å². The van der Waals surface area contributed by atoms with Gasteiger partial charge in [-0.1, -0.05) is 23.3 Å². The van der Waals surface area contributed by atoms with Gasteiger partial charge < -0.3 is 16.0 Å². The number of likely N-dealkylation sites (tertiary alicyclic amines) is 1. The van der Waals surface area contributed by atoms with E-state index >= 15 is 0 Å². The summed E-state index contributed by atoms with van der Waals surface area (Å²) in [6.45, 7) is 5.60. The molecule has 7 nitrogen and oxygen atoms in total. The van der Waals surface area contributed by atoms with Crippen LogP contribution in [0.4, 0.5) is 16.2 Å². The second kappa shape index (κ2) is 9.02. The molecule has 1 saturated heterocycles. The summed E-state index contributed by atoms with van der Waals surface area (Å²) in [5.41, 5.74) is 10.8. The van der Waals surface area contributed by atoms with Crippen molar-refractivity contribution in [3.05, 3.63) is 58.7 Å². The zero-order valence-electron chi connectivity index (χ0n) is 18.7. The van der Waals surface area contributed by atoms with Crippen LogP contribution in [-0.2, 0) is 11.2 Å². The number of anilines is 2. The number of carbonyl (C=O) groups is 3. The third-order valence-electron chi connectivity index (χ3n) is 6.29. The van der Waals surface area contributed by atoms with Crippen LogP contribution < -0.4 is 16.0 Å². The molecule has 7 heteroatoms. The number of urea groups is 1. The van der Waals surface area contributed by atoms with E-state index in [1.807, 2.05) is 50.2 Å². The average Bonchev–Trinajstić information content (AvgIpc) is 2.77. The fourth-order valence-corrected chi connectivity index (χ4v) is 4.78. The fraction of sp³-hybridized carbons (Fsp3) is 0.400. The van der Waals surface area contributed by atoms with Gasteiger partial charge in [-0.25, -0.2) is 4.79 Å². The number of piperidine rings is 1. The lowest BCUT2D eigenvalue weighted by Crippen LogP contribution is -2.43. The number of primary amides is 1. The monoisotopic (exact) mass is 434 g/mol. The van der Waals surface area contributed by atoms with Crippen LogP contribution in [0.3, 0.4) is 0 Å². The number of hydrogen-bond acceptors (Lipinski definition) is 3. The summed E-state index contributed by atoms with van der Waals surface area (Å²) in [5, 5.41) is 2.98. The molecule has 2 aromatic rings. The second-order valence-electron chi connectivity index (χ2n) is 8.89. The van der Waals surface area contributed by atoms with Crippen LogP contribution in [0.2, 0.25) is 0 Å². The number of fused-ring (bicyclic) bond motifs is 1. The number of rotatable bonds is 3. The van der Waals surface area contributed by atoms with Gasteiger partial charge in [-0.15, -0.1) is 0 Å². The van der Waals surface area contributed by atoms with E-state index in [2.05, 4.69) is 5.32 Å². The van der Waals surface area contributed by atoms with Crippen LogP contribution in [0.25, 0.3) is 0 Å². The van der Waals surface area contributed by atoms with Crippen molar-refractivity contribution in [1.29, 1.82) is 0 Å². The smallest absolute Gasteiger partial charge is 0.319 e. The Bertz CT molecular complexity index is 1040. The van der Waals surface area contributed by atoms with Crippen molar-refractivity contribution in [2.24, 2.45) is 11.7 Å². The SMILES string of the molecule is Cc1cc(C)cc(C(=O)N2CCCC(C(=O)Nc3ccc4c(c3)N(C(N)=O)CCC4)C2)c1. The molecule has 2 aliphatic heterocycles. The Morgan fingerprint density at radius 2 is 1.75 bits per heavy atom. The normalized spacial score (nSPS) is 18.1. The highest BCUT2D eigenvalue weighted by atomic mass is 16.2. The minimum Gasteiger partial charge on any atom is -0.351 e. The molecule has 0 aromatic heterocycles. The van der Waals surface area contributed by atoms with Crippen molar-refractivity contribution in [2.45, 2.75) is 39.5 Å². The quantitative estimate of drug-likeness (QED) is 0.772. The number of amides is 4. The zero-order chi connectivity index (χ0) is 22.8. The van der Waals surface area contributed by atoms with Crippen molar-refractivity contribution in [3.8, 4) is 0 Å². The maximum absolute atomic E-state index is 13.0. The molecule has 1 atom stereocenters. The second-order valence-corrected chi connectivity index (χ2v) is 8.89. The first kappa shape index (κ1) is 21.9. The Labute approximate surface area is 188 Å². The Morgan fingerprint density at radius 1 is 1.00 bits per heavy atom. The Morgan fingerprint density at radius 3 is 2.47 bits per heavy atom. The standard InChI is InChI=1S/C25H30N4O3/c1-16-11-17(2)13-20(12-16)24(31)28-9-3-6-19(15-28)23(30)27-21-8-7-18-5-4-10-29(25(26)32)22(18)14-21/h7-8,11-14,19H,3-6,9-10,15H2,1-2H3,(H2,26,32)(H,27,30). The van der Waals surface area contributed by atoms with E-state index in [0.29, 0.717) is 30.9 Å². The van der Waals surface area contributed by atoms with Gasteiger partial charge in [0.25, 0.3) is 5.91 Å². The van der Waals surface area contributed by atoms with Crippen LogP contribution in [0.15, 0.2) is 36.4 Å². The third kappa shape index (κ3) is 4.61. The Hall–Kier alpha value is -3.35. The molecular weight excluding hydrogens is 404 g/mol. The first-order chi connectivity index (χ1) is 15.3. The van der Waals surface area contributed by atoms with Gasteiger partial charge in [0, 0.05) is 30.9 Å². The summed E-state index contributed by atoms with van der Waals surface area (Å²) < 4.78 is 0. The number of nitrogens with two attached hydrogens (primary N) is 1.